The molecule has 1 rings (SSSR count). The van der Waals surface area contributed by atoms with Crippen molar-refractivity contribution in [2.45, 2.75) is 0 Å². The molecule has 0 amide bonds. The molecule has 42 valence electrons. The van der Waals surface area contributed by atoms with Crippen molar-refractivity contribution in [2.24, 2.45) is 4.99 Å². The highest BCUT2D eigenvalue weighted by molar-refractivity contribution is 5.77. The highest BCUT2D eigenvalue weighted by Gasteiger charge is 1.93. The van der Waals surface area contributed by atoms with E-state index in [9.17, 15) is 0 Å². The average Bonchev–Trinajstić information content (AvgIpc) is 1.90. The minimum atomic E-state index is 0.866. The zero-order valence-electron chi connectivity index (χ0n) is 4.65. The minimum absolute atomic E-state index is 0.866. The molecular weight excluding hydrogens is 100 g/mol. The third kappa shape index (κ3) is 0.983. The van der Waals surface area contributed by atoms with E-state index in [1.54, 1.807) is 6.21 Å². The fraction of sp³-hybridized carbons (Fsp3) is 0.333. The monoisotopic (exact) mass is 108 g/mol. The average molecular weight is 108 g/mol. The third-order valence-corrected chi connectivity index (χ3v) is 0.967. The molecule has 0 aromatic carbocycles. The minimum Gasteiger partial charge on any atom is -0.376 e. The van der Waals surface area contributed by atoms with E-state index in [0.29, 0.717) is 0 Å². The SMILES string of the molecule is C=C=C1C=NCCN1. The number of nitrogens with one attached hydrogen (secondary N) is 1. The zero-order chi connectivity index (χ0) is 5.82. The summed E-state index contributed by atoms with van der Waals surface area (Å²) in [6.45, 7) is 5.25. The van der Waals surface area contributed by atoms with E-state index < -0.39 is 0 Å². The van der Waals surface area contributed by atoms with Gasteiger partial charge in [0.1, 0.15) is 0 Å². The Kier molecular flexibility index (Phi) is 1.50. The van der Waals surface area contributed by atoms with Crippen molar-refractivity contribution in [3.63, 3.8) is 0 Å². The summed E-state index contributed by atoms with van der Waals surface area (Å²) in [6, 6.07) is 0. The number of nitrogens with zero attached hydrogens (tertiary/aromatic N) is 1. The van der Waals surface area contributed by atoms with Crippen LogP contribution < -0.4 is 5.32 Å². The highest BCUT2D eigenvalue weighted by Crippen LogP contribution is 1.85. The van der Waals surface area contributed by atoms with Gasteiger partial charge < -0.3 is 5.32 Å². The maximum atomic E-state index is 4.00. The second-order valence-electron chi connectivity index (χ2n) is 1.55. The lowest BCUT2D eigenvalue weighted by Gasteiger charge is -2.06. The molecule has 8 heavy (non-hydrogen) atoms. The molecule has 1 aliphatic heterocycles. The second-order valence-corrected chi connectivity index (χ2v) is 1.55. The van der Waals surface area contributed by atoms with Crippen LogP contribution in [0.4, 0.5) is 0 Å². The van der Waals surface area contributed by atoms with Crippen LogP contribution in [0.15, 0.2) is 23.0 Å². The van der Waals surface area contributed by atoms with E-state index in [0.717, 1.165) is 18.8 Å². The molecule has 2 nitrogen and oxygen atoms in total. The standard InChI is InChI=1S/C6H8N2/c1-2-6-5-7-3-4-8-6/h5,8H,1,3-4H2. The first-order valence-corrected chi connectivity index (χ1v) is 2.57. The largest absolute Gasteiger partial charge is 0.376 e. The van der Waals surface area contributed by atoms with E-state index in [1.807, 2.05) is 0 Å². The zero-order valence-corrected chi connectivity index (χ0v) is 4.65. The number of rotatable bonds is 0. The molecule has 0 saturated heterocycles. The van der Waals surface area contributed by atoms with Crippen LogP contribution in [-0.2, 0) is 0 Å². The molecule has 0 spiro atoms. The molecule has 0 aromatic rings. The Morgan fingerprint density at radius 3 is 3.12 bits per heavy atom. The van der Waals surface area contributed by atoms with Crippen molar-refractivity contribution in [1.29, 1.82) is 0 Å². The van der Waals surface area contributed by atoms with Gasteiger partial charge in [-0.2, -0.15) is 0 Å². The van der Waals surface area contributed by atoms with Gasteiger partial charge in [0.15, 0.2) is 0 Å². The molecule has 0 saturated carbocycles. The van der Waals surface area contributed by atoms with E-state index in [1.165, 1.54) is 0 Å². The van der Waals surface area contributed by atoms with Crippen molar-refractivity contribution >= 4 is 6.21 Å². The van der Waals surface area contributed by atoms with Gasteiger partial charge in [-0.15, -0.1) is 5.73 Å². The molecule has 0 aromatic heterocycles. The summed E-state index contributed by atoms with van der Waals surface area (Å²) < 4.78 is 0. The van der Waals surface area contributed by atoms with Crippen LogP contribution in [0.5, 0.6) is 0 Å². The van der Waals surface area contributed by atoms with E-state index in [4.69, 9.17) is 0 Å². The molecule has 0 fully saturated rings. The quantitative estimate of drug-likeness (QED) is 0.444. The lowest BCUT2D eigenvalue weighted by Crippen LogP contribution is -2.21. The lowest BCUT2D eigenvalue weighted by atomic mass is 10.4. The van der Waals surface area contributed by atoms with E-state index in [2.05, 4.69) is 22.6 Å². The Morgan fingerprint density at radius 1 is 1.88 bits per heavy atom. The topological polar surface area (TPSA) is 24.4 Å². The Balaban J connectivity index is 2.70. The Bertz CT molecular complexity index is 152. The lowest BCUT2D eigenvalue weighted by molar-refractivity contribution is 0.804. The summed E-state index contributed by atoms with van der Waals surface area (Å²) in [5.74, 6) is 0. The van der Waals surface area contributed by atoms with E-state index in [-0.39, 0.29) is 0 Å². The summed E-state index contributed by atoms with van der Waals surface area (Å²) in [4.78, 5) is 4.00. The fourth-order valence-corrected chi connectivity index (χ4v) is 0.565. The fourth-order valence-electron chi connectivity index (χ4n) is 0.565. The van der Waals surface area contributed by atoms with Crippen LogP contribution >= 0.6 is 0 Å². The Morgan fingerprint density at radius 2 is 2.75 bits per heavy atom. The van der Waals surface area contributed by atoms with Crippen LogP contribution in [0.3, 0.4) is 0 Å². The highest BCUT2D eigenvalue weighted by atomic mass is 15.0. The Labute approximate surface area is 48.6 Å². The number of allylic oxidation sites excluding steroid dienone is 1. The molecular formula is C6H8N2. The van der Waals surface area contributed by atoms with Gasteiger partial charge in [0.2, 0.25) is 0 Å². The maximum absolute atomic E-state index is 4.00. The van der Waals surface area contributed by atoms with Crippen LogP contribution in [0.1, 0.15) is 0 Å². The second kappa shape index (κ2) is 2.34. The summed E-state index contributed by atoms with van der Waals surface area (Å²) in [6.07, 6.45) is 1.75. The first kappa shape index (κ1) is 5.13. The predicted molar refractivity (Wildman–Crippen MR) is 34.0 cm³/mol. The third-order valence-electron chi connectivity index (χ3n) is 0.967. The summed E-state index contributed by atoms with van der Waals surface area (Å²) in [5.41, 5.74) is 3.61. The molecule has 1 aliphatic rings. The normalized spacial score (nSPS) is 17.2. The van der Waals surface area contributed by atoms with Crippen molar-refractivity contribution in [2.75, 3.05) is 13.1 Å². The van der Waals surface area contributed by atoms with Gasteiger partial charge >= 0.3 is 0 Å². The van der Waals surface area contributed by atoms with Crippen molar-refractivity contribution in [3.05, 3.63) is 18.0 Å². The number of aliphatic imine (C=N–C) groups is 1. The smallest absolute Gasteiger partial charge is 0.0950 e. The molecule has 0 radical (unpaired) electrons. The first-order chi connectivity index (χ1) is 3.93. The van der Waals surface area contributed by atoms with Gasteiger partial charge in [-0.25, -0.2) is 0 Å². The summed E-state index contributed by atoms with van der Waals surface area (Å²) >= 11 is 0. The molecule has 0 aliphatic carbocycles. The van der Waals surface area contributed by atoms with Crippen LogP contribution in [0, 0.1) is 0 Å². The molecule has 0 unspecified atom stereocenters. The molecule has 1 N–H and O–H groups in total. The van der Waals surface area contributed by atoms with E-state index >= 15 is 0 Å². The Hall–Kier alpha value is -1.01. The van der Waals surface area contributed by atoms with Gasteiger partial charge in [0.25, 0.3) is 0 Å². The van der Waals surface area contributed by atoms with Crippen LogP contribution in [0.2, 0.25) is 0 Å². The van der Waals surface area contributed by atoms with Crippen LogP contribution in [0.25, 0.3) is 0 Å². The maximum Gasteiger partial charge on any atom is 0.0950 e. The molecule has 1 heterocycles. The van der Waals surface area contributed by atoms with Gasteiger partial charge in [0, 0.05) is 6.54 Å². The van der Waals surface area contributed by atoms with Gasteiger partial charge in [-0.05, 0) is 0 Å². The summed E-state index contributed by atoms with van der Waals surface area (Å²) in [7, 11) is 0. The summed E-state index contributed by atoms with van der Waals surface area (Å²) in [5, 5.41) is 3.06. The van der Waals surface area contributed by atoms with Crippen molar-refractivity contribution in [1.82, 2.24) is 5.32 Å². The molecule has 2 heteroatoms. The van der Waals surface area contributed by atoms with Gasteiger partial charge in [0.05, 0.1) is 18.5 Å². The molecule has 0 bridgehead atoms. The van der Waals surface area contributed by atoms with Crippen molar-refractivity contribution < 1.29 is 0 Å². The molecule has 0 atom stereocenters. The predicted octanol–water partition coefficient (Wildman–Crippen LogP) is 0.329. The number of hydrogen-bond donors (Lipinski definition) is 1. The van der Waals surface area contributed by atoms with Gasteiger partial charge in [-0.1, -0.05) is 6.58 Å². The van der Waals surface area contributed by atoms with Gasteiger partial charge in [-0.3, -0.25) is 4.99 Å². The van der Waals surface area contributed by atoms with Crippen LogP contribution in [-0.4, -0.2) is 19.3 Å². The first-order valence-electron chi connectivity index (χ1n) is 2.57. The van der Waals surface area contributed by atoms with Crippen molar-refractivity contribution in [3.8, 4) is 0 Å². The number of hydrogen-bond acceptors (Lipinski definition) is 2.